The molecule has 0 spiro atoms. The van der Waals surface area contributed by atoms with Gasteiger partial charge in [-0.2, -0.15) is 0 Å². The van der Waals surface area contributed by atoms with Gasteiger partial charge in [0.2, 0.25) is 5.88 Å². The standard InChI is InChI=1S/C16H15NO4/c1-11-8-12(6-7-15(18)19)10-17-16(11)21-14-5-3-4-13(9-14)20-2/h3-10H,1-2H3,(H,18,19)/b7-6+. The van der Waals surface area contributed by atoms with Crippen LogP contribution in [-0.2, 0) is 4.79 Å². The molecule has 0 amide bonds. The van der Waals surface area contributed by atoms with E-state index in [0.717, 1.165) is 11.6 Å². The summed E-state index contributed by atoms with van der Waals surface area (Å²) < 4.78 is 10.8. The molecule has 1 aromatic carbocycles. The Balaban J connectivity index is 2.19. The molecule has 0 atom stereocenters. The SMILES string of the molecule is COc1cccc(Oc2ncc(/C=C/C(=O)O)cc2C)c1. The van der Waals surface area contributed by atoms with Crippen LogP contribution >= 0.6 is 0 Å². The summed E-state index contributed by atoms with van der Waals surface area (Å²) in [4.78, 5) is 14.7. The van der Waals surface area contributed by atoms with Crippen molar-refractivity contribution in [1.82, 2.24) is 4.98 Å². The number of carboxylic acid groups (broad SMARTS) is 1. The van der Waals surface area contributed by atoms with E-state index in [2.05, 4.69) is 4.98 Å². The molecule has 2 rings (SSSR count). The summed E-state index contributed by atoms with van der Waals surface area (Å²) in [7, 11) is 1.59. The van der Waals surface area contributed by atoms with Crippen molar-refractivity contribution in [3.8, 4) is 17.4 Å². The van der Waals surface area contributed by atoms with Crippen molar-refractivity contribution in [2.75, 3.05) is 7.11 Å². The fraction of sp³-hybridized carbons (Fsp3) is 0.125. The molecule has 2 aromatic rings. The quantitative estimate of drug-likeness (QED) is 0.854. The molecule has 0 bridgehead atoms. The molecule has 0 saturated heterocycles. The average molecular weight is 285 g/mol. The number of benzene rings is 1. The molecule has 1 heterocycles. The van der Waals surface area contributed by atoms with Gasteiger partial charge in [-0.1, -0.05) is 6.07 Å². The van der Waals surface area contributed by atoms with Gasteiger partial charge in [-0.05, 0) is 36.8 Å². The number of pyridine rings is 1. The Bertz CT molecular complexity index is 680. The number of carboxylic acids is 1. The zero-order valence-corrected chi connectivity index (χ0v) is 11.7. The molecule has 108 valence electrons. The van der Waals surface area contributed by atoms with E-state index in [1.807, 2.05) is 31.2 Å². The molecule has 5 nitrogen and oxygen atoms in total. The van der Waals surface area contributed by atoms with Crippen LogP contribution in [0.1, 0.15) is 11.1 Å². The first-order valence-electron chi connectivity index (χ1n) is 6.28. The van der Waals surface area contributed by atoms with E-state index in [1.165, 1.54) is 6.08 Å². The molecule has 0 unspecified atom stereocenters. The van der Waals surface area contributed by atoms with Crippen LogP contribution in [-0.4, -0.2) is 23.2 Å². The fourth-order valence-electron chi connectivity index (χ4n) is 1.73. The van der Waals surface area contributed by atoms with Crippen LogP contribution in [0.4, 0.5) is 0 Å². The zero-order chi connectivity index (χ0) is 15.2. The van der Waals surface area contributed by atoms with E-state index < -0.39 is 5.97 Å². The number of methoxy groups -OCH3 is 1. The molecule has 0 aliphatic heterocycles. The second-order valence-electron chi connectivity index (χ2n) is 4.34. The molecular formula is C16H15NO4. The first-order valence-corrected chi connectivity index (χ1v) is 6.28. The van der Waals surface area contributed by atoms with Crippen LogP contribution in [0.25, 0.3) is 6.08 Å². The van der Waals surface area contributed by atoms with Crippen molar-refractivity contribution in [3.63, 3.8) is 0 Å². The highest BCUT2D eigenvalue weighted by molar-refractivity contribution is 5.85. The highest BCUT2D eigenvalue weighted by Gasteiger charge is 2.05. The second kappa shape index (κ2) is 6.56. The van der Waals surface area contributed by atoms with Gasteiger partial charge in [-0.25, -0.2) is 9.78 Å². The monoisotopic (exact) mass is 285 g/mol. The molecular weight excluding hydrogens is 270 g/mol. The Morgan fingerprint density at radius 1 is 1.29 bits per heavy atom. The number of aryl methyl sites for hydroxylation is 1. The molecule has 1 N–H and O–H groups in total. The van der Waals surface area contributed by atoms with Gasteiger partial charge < -0.3 is 14.6 Å². The number of hydrogen-bond acceptors (Lipinski definition) is 4. The molecule has 0 aliphatic rings. The van der Waals surface area contributed by atoms with Crippen molar-refractivity contribution in [2.45, 2.75) is 6.92 Å². The van der Waals surface area contributed by atoms with Crippen molar-refractivity contribution in [2.24, 2.45) is 0 Å². The van der Waals surface area contributed by atoms with Crippen molar-refractivity contribution in [3.05, 3.63) is 53.7 Å². The lowest BCUT2D eigenvalue weighted by Gasteiger charge is -2.09. The van der Waals surface area contributed by atoms with Gasteiger partial charge in [0.05, 0.1) is 7.11 Å². The molecule has 1 aromatic heterocycles. The summed E-state index contributed by atoms with van der Waals surface area (Å²) in [5.74, 6) is 0.796. The van der Waals surface area contributed by atoms with E-state index in [4.69, 9.17) is 14.6 Å². The fourth-order valence-corrected chi connectivity index (χ4v) is 1.73. The normalized spacial score (nSPS) is 10.6. The first kappa shape index (κ1) is 14.6. The number of nitrogens with zero attached hydrogens (tertiary/aromatic N) is 1. The number of carbonyl (C=O) groups is 1. The summed E-state index contributed by atoms with van der Waals surface area (Å²) in [6.45, 7) is 1.85. The summed E-state index contributed by atoms with van der Waals surface area (Å²) in [6.07, 6.45) is 4.11. The molecule has 21 heavy (non-hydrogen) atoms. The predicted molar refractivity (Wildman–Crippen MR) is 78.7 cm³/mol. The number of ether oxygens (including phenoxy) is 2. The van der Waals surface area contributed by atoms with E-state index >= 15 is 0 Å². The summed E-state index contributed by atoms with van der Waals surface area (Å²) >= 11 is 0. The van der Waals surface area contributed by atoms with Gasteiger partial charge in [0.15, 0.2) is 0 Å². The van der Waals surface area contributed by atoms with Gasteiger partial charge >= 0.3 is 5.97 Å². The van der Waals surface area contributed by atoms with Crippen molar-refractivity contribution < 1.29 is 19.4 Å². The molecule has 0 fully saturated rings. The number of hydrogen-bond donors (Lipinski definition) is 1. The minimum absolute atomic E-state index is 0.468. The molecule has 0 aliphatic carbocycles. The summed E-state index contributed by atoms with van der Waals surface area (Å²) in [6, 6.07) is 9.03. The van der Waals surface area contributed by atoms with Gasteiger partial charge in [0.1, 0.15) is 11.5 Å². The summed E-state index contributed by atoms with van der Waals surface area (Å²) in [5, 5.41) is 8.60. The lowest BCUT2D eigenvalue weighted by Crippen LogP contribution is -1.93. The van der Waals surface area contributed by atoms with E-state index in [9.17, 15) is 4.79 Å². The maximum atomic E-state index is 10.5. The van der Waals surface area contributed by atoms with Crippen LogP contribution in [0, 0.1) is 6.92 Å². The van der Waals surface area contributed by atoms with Gasteiger partial charge in [0.25, 0.3) is 0 Å². The Labute approximate surface area is 122 Å². The third-order valence-corrected chi connectivity index (χ3v) is 2.73. The highest BCUT2D eigenvalue weighted by Crippen LogP contribution is 2.26. The third kappa shape index (κ3) is 4.07. The van der Waals surface area contributed by atoms with E-state index in [1.54, 1.807) is 19.4 Å². The Morgan fingerprint density at radius 3 is 2.71 bits per heavy atom. The predicted octanol–water partition coefficient (Wildman–Crippen LogP) is 3.29. The summed E-state index contributed by atoms with van der Waals surface area (Å²) in [5.41, 5.74) is 1.51. The average Bonchev–Trinajstić information content (AvgIpc) is 2.48. The largest absolute Gasteiger partial charge is 0.497 e. The van der Waals surface area contributed by atoms with E-state index in [0.29, 0.717) is 22.9 Å². The maximum Gasteiger partial charge on any atom is 0.328 e. The lowest BCUT2D eigenvalue weighted by atomic mass is 10.2. The minimum Gasteiger partial charge on any atom is -0.497 e. The van der Waals surface area contributed by atoms with Gasteiger partial charge in [-0.3, -0.25) is 0 Å². The van der Waals surface area contributed by atoms with Crippen molar-refractivity contribution >= 4 is 12.0 Å². The highest BCUT2D eigenvalue weighted by atomic mass is 16.5. The molecule has 0 radical (unpaired) electrons. The number of aliphatic carboxylic acids is 1. The minimum atomic E-state index is -0.996. The van der Waals surface area contributed by atoms with Crippen LogP contribution < -0.4 is 9.47 Å². The van der Waals surface area contributed by atoms with Gasteiger partial charge in [-0.15, -0.1) is 0 Å². The van der Waals surface area contributed by atoms with Crippen LogP contribution in [0.5, 0.6) is 17.4 Å². The molecule has 0 saturated carbocycles. The number of rotatable bonds is 5. The van der Waals surface area contributed by atoms with Crippen LogP contribution in [0.2, 0.25) is 0 Å². The lowest BCUT2D eigenvalue weighted by molar-refractivity contribution is -0.131. The zero-order valence-electron chi connectivity index (χ0n) is 11.7. The van der Waals surface area contributed by atoms with Crippen LogP contribution in [0.15, 0.2) is 42.6 Å². The number of aromatic nitrogens is 1. The van der Waals surface area contributed by atoms with Crippen LogP contribution in [0.3, 0.4) is 0 Å². The smallest absolute Gasteiger partial charge is 0.328 e. The Kier molecular flexibility index (Phi) is 4.56. The topological polar surface area (TPSA) is 68.7 Å². The Morgan fingerprint density at radius 2 is 2.05 bits per heavy atom. The van der Waals surface area contributed by atoms with Crippen molar-refractivity contribution in [1.29, 1.82) is 0 Å². The maximum absolute atomic E-state index is 10.5. The van der Waals surface area contributed by atoms with Gasteiger partial charge in [0, 0.05) is 23.9 Å². The van der Waals surface area contributed by atoms with E-state index in [-0.39, 0.29) is 0 Å². The molecule has 5 heteroatoms. The Hall–Kier alpha value is -2.82. The second-order valence-corrected chi connectivity index (χ2v) is 4.34. The third-order valence-electron chi connectivity index (χ3n) is 2.73. The first-order chi connectivity index (χ1) is 10.1.